The summed E-state index contributed by atoms with van der Waals surface area (Å²) in [7, 11) is 0. The molecule has 0 aliphatic rings. The van der Waals surface area contributed by atoms with Crippen molar-refractivity contribution < 1.29 is 4.39 Å². The number of hydrogen-bond acceptors (Lipinski definition) is 2. The lowest BCUT2D eigenvalue weighted by molar-refractivity contribution is 0.598. The van der Waals surface area contributed by atoms with Crippen LogP contribution in [0.3, 0.4) is 0 Å². The van der Waals surface area contributed by atoms with Gasteiger partial charge in [-0.2, -0.15) is 0 Å². The predicted molar refractivity (Wildman–Crippen MR) is 83.7 cm³/mol. The van der Waals surface area contributed by atoms with Gasteiger partial charge in [-0.3, -0.25) is 0 Å². The lowest BCUT2D eigenvalue weighted by Gasteiger charge is -2.18. The Hall–Kier alpha value is -2.36. The van der Waals surface area contributed by atoms with Gasteiger partial charge < -0.3 is 10.3 Å². The predicted octanol–water partition coefficient (Wildman–Crippen LogP) is 3.93. The highest BCUT2D eigenvalue weighted by molar-refractivity contribution is 5.80. The van der Waals surface area contributed by atoms with E-state index in [2.05, 4.69) is 23.4 Å². The van der Waals surface area contributed by atoms with Gasteiger partial charge in [0, 0.05) is 12.1 Å². The number of rotatable bonds is 3. The van der Waals surface area contributed by atoms with E-state index in [9.17, 15) is 4.39 Å². The third-order valence-electron chi connectivity index (χ3n) is 3.82. The molecule has 1 atom stereocenters. The van der Waals surface area contributed by atoms with Crippen LogP contribution in [0.5, 0.6) is 0 Å². The van der Waals surface area contributed by atoms with Gasteiger partial charge in [0.05, 0.1) is 17.1 Å². The number of nitrogens with two attached hydrogens (primary N) is 1. The number of benzene rings is 2. The van der Waals surface area contributed by atoms with E-state index in [0.717, 1.165) is 28.8 Å². The fourth-order valence-corrected chi connectivity index (χ4v) is 2.76. The lowest BCUT2D eigenvalue weighted by Crippen LogP contribution is -2.10. The molecule has 108 valence electrons. The average Bonchev–Trinajstić information content (AvgIpc) is 2.83. The molecule has 0 radical (unpaired) electrons. The first kappa shape index (κ1) is 13.6. The second-order valence-electron chi connectivity index (χ2n) is 5.23. The summed E-state index contributed by atoms with van der Waals surface area (Å²) < 4.78 is 15.6. The number of nitrogen functional groups attached to an aromatic ring is 1. The zero-order valence-electron chi connectivity index (χ0n) is 12.2. The van der Waals surface area contributed by atoms with E-state index in [4.69, 9.17) is 5.73 Å². The largest absolute Gasteiger partial charge is 0.399 e. The van der Waals surface area contributed by atoms with Crippen LogP contribution in [0.15, 0.2) is 42.5 Å². The highest BCUT2D eigenvalue weighted by Gasteiger charge is 2.16. The number of hydrogen-bond donors (Lipinski definition) is 1. The molecule has 1 aromatic heterocycles. The number of aryl methyl sites for hydroxylation is 1. The van der Waals surface area contributed by atoms with Crippen molar-refractivity contribution >= 4 is 16.7 Å². The van der Waals surface area contributed by atoms with Crippen LogP contribution in [0.1, 0.15) is 31.3 Å². The van der Waals surface area contributed by atoms with Crippen molar-refractivity contribution in [1.82, 2.24) is 9.55 Å². The number of halogens is 1. The first-order chi connectivity index (χ1) is 10.1. The van der Waals surface area contributed by atoms with Gasteiger partial charge in [-0.15, -0.1) is 0 Å². The normalized spacial score (nSPS) is 12.7. The van der Waals surface area contributed by atoms with E-state index < -0.39 is 0 Å². The maximum Gasteiger partial charge on any atom is 0.123 e. The van der Waals surface area contributed by atoms with Gasteiger partial charge in [0.15, 0.2) is 0 Å². The van der Waals surface area contributed by atoms with Crippen molar-refractivity contribution in [1.29, 1.82) is 0 Å². The molecule has 0 fully saturated rings. The minimum Gasteiger partial charge on any atom is -0.399 e. The number of fused-ring (bicyclic) bond motifs is 1. The van der Waals surface area contributed by atoms with Crippen molar-refractivity contribution in [3.8, 4) is 0 Å². The van der Waals surface area contributed by atoms with Crippen molar-refractivity contribution in [2.45, 2.75) is 26.3 Å². The number of nitrogens with zero attached hydrogens (tertiary/aromatic N) is 2. The van der Waals surface area contributed by atoms with Crippen LogP contribution in [-0.4, -0.2) is 9.55 Å². The van der Waals surface area contributed by atoms with Gasteiger partial charge in [-0.1, -0.05) is 19.1 Å². The van der Waals surface area contributed by atoms with Gasteiger partial charge in [0.25, 0.3) is 0 Å². The van der Waals surface area contributed by atoms with Gasteiger partial charge in [-0.05, 0) is 42.8 Å². The molecule has 0 bridgehead atoms. The Morgan fingerprint density at radius 2 is 2.05 bits per heavy atom. The third-order valence-corrected chi connectivity index (χ3v) is 3.82. The lowest BCUT2D eigenvalue weighted by atomic mass is 10.1. The Balaban J connectivity index is 2.18. The topological polar surface area (TPSA) is 43.8 Å². The smallest absolute Gasteiger partial charge is 0.123 e. The molecule has 0 saturated carbocycles. The minimum absolute atomic E-state index is 0.0178. The quantitative estimate of drug-likeness (QED) is 0.740. The zero-order chi connectivity index (χ0) is 15.0. The van der Waals surface area contributed by atoms with Gasteiger partial charge >= 0.3 is 0 Å². The van der Waals surface area contributed by atoms with Crippen LogP contribution in [0.4, 0.5) is 10.1 Å². The maximum absolute atomic E-state index is 13.5. The number of aromatic nitrogens is 2. The van der Waals surface area contributed by atoms with Crippen molar-refractivity contribution in [2.75, 3.05) is 5.73 Å². The number of anilines is 1. The fraction of sp³-hybridized carbons (Fsp3) is 0.235. The second-order valence-corrected chi connectivity index (χ2v) is 5.23. The first-order valence-electron chi connectivity index (χ1n) is 7.12. The molecule has 1 heterocycles. The molecule has 0 aliphatic carbocycles. The van der Waals surface area contributed by atoms with Crippen molar-refractivity contribution in [3.05, 3.63) is 59.7 Å². The molecule has 3 rings (SSSR count). The van der Waals surface area contributed by atoms with E-state index >= 15 is 0 Å². The van der Waals surface area contributed by atoms with E-state index in [1.54, 1.807) is 12.1 Å². The monoisotopic (exact) mass is 283 g/mol. The zero-order valence-corrected chi connectivity index (χ0v) is 12.2. The Labute approximate surface area is 123 Å². The summed E-state index contributed by atoms with van der Waals surface area (Å²) in [5, 5.41) is 0. The summed E-state index contributed by atoms with van der Waals surface area (Å²) >= 11 is 0. The molecule has 21 heavy (non-hydrogen) atoms. The van der Waals surface area contributed by atoms with Crippen LogP contribution in [0.25, 0.3) is 11.0 Å². The summed E-state index contributed by atoms with van der Waals surface area (Å²) in [5.41, 5.74) is 9.38. The average molecular weight is 283 g/mol. The second kappa shape index (κ2) is 5.20. The summed E-state index contributed by atoms with van der Waals surface area (Å²) in [4.78, 5) is 4.65. The van der Waals surface area contributed by atoms with Crippen molar-refractivity contribution in [2.24, 2.45) is 0 Å². The summed E-state index contributed by atoms with van der Waals surface area (Å²) in [5.74, 6) is 0.762. The summed E-state index contributed by atoms with van der Waals surface area (Å²) in [6.45, 7) is 4.13. The molecule has 0 amide bonds. The number of imidazole rings is 1. The molecule has 0 saturated heterocycles. The van der Waals surface area contributed by atoms with Crippen LogP contribution >= 0.6 is 0 Å². The molecular weight excluding hydrogens is 265 g/mol. The van der Waals surface area contributed by atoms with Crippen LogP contribution < -0.4 is 5.73 Å². The van der Waals surface area contributed by atoms with Gasteiger partial charge in [0.1, 0.15) is 11.6 Å². The molecule has 0 aliphatic heterocycles. The molecule has 2 aromatic carbocycles. The maximum atomic E-state index is 13.5. The molecule has 3 nitrogen and oxygen atoms in total. The Morgan fingerprint density at radius 3 is 2.76 bits per heavy atom. The Bertz CT molecular complexity index is 792. The fourth-order valence-electron chi connectivity index (χ4n) is 2.76. The summed E-state index contributed by atoms with van der Waals surface area (Å²) in [6, 6.07) is 12.5. The molecule has 2 N–H and O–H groups in total. The van der Waals surface area contributed by atoms with Crippen molar-refractivity contribution in [3.63, 3.8) is 0 Å². The molecular formula is C17H18FN3. The minimum atomic E-state index is -0.217. The van der Waals surface area contributed by atoms with E-state index in [1.165, 1.54) is 6.07 Å². The Morgan fingerprint density at radius 1 is 1.24 bits per heavy atom. The van der Waals surface area contributed by atoms with E-state index in [0.29, 0.717) is 5.69 Å². The highest BCUT2D eigenvalue weighted by atomic mass is 19.1. The van der Waals surface area contributed by atoms with E-state index in [1.807, 2.05) is 24.3 Å². The highest BCUT2D eigenvalue weighted by Crippen LogP contribution is 2.27. The van der Waals surface area contributed by atoms with Gasteiger partial charge in [0.2, 0.25) is 0 Å². The third kappa shape index (κ3) is 2.37. The summed E-state index contributed by atoms with van der Waals surface area (Å²) in [6.07, 6.45) is 0.814. The molecule has 3 aromatic rings. The van der Waals surface area contributed by atoms with Crippen LogP contribution in [-0.2, 0) is 6.42 Å². The Kier molecular flexibility index (Phi) is 3.37. The standard InChI is InChI=1S/C17H18FN3/c1-3-17-20-15-10-14(19)7-8-16(15)21(17)11(2)12-5-4-6-13(18)9-12/h4-11H,3,19H2,1-2H3. The van der Waals surface area contributed by atoms with Crippen LogP contribution in [0, 0.1) is 5.82 Å². The SMILES string of the molecule is CCc1nc2cc(N)ccc2n1C(C)c1cccc(F)c1. The molecule has 1 unspecified atom stereocenters. The van der Waals surface area contributed by atoms with E-state index in [-0.39, 0.29) is 11.9 Å². The first-order valence-corrected chi connectivity index (χ1v) is 7.12. The van der Waals surface area contributed by atoms with Gasteiger partial charge in [-0.25, -0.2) is 9.37 Å². The van der Waals surface area contributed by atoms with Crippen LogP contribution in [0.2, 0.25) is 0 Å². The molecule has 4 heteroatoms. The molecule has 0 spiro atoms.